The normalized spacial score (nSPS) is 15.0. The van der Waals surface area contributed by atoms with Crippen LogP contribution in [-0.2, 0) is 4.74 Å². The minimum Gasteiger partial charge on any atom is -0.494 e. The third kappa shape index (κ3) is 4.37. The summed E-state index contributed by atoms with van der Waals surface area (Å²) in [7, 11) is 0. The second-order valence-corrected chi connectivity index (χ2v) is 5.77. The van der Waals surface area contributed by atoms with Gasteiger partial charge in [0.15, 0.2) is 0 Å². The van der Waals surface area contributed by atoms with Gasteiger partial charge in [0.05, 0.1) is 30.4 Å². The first-order chi connectivity index (χ1) is 12.7. The number of ether oxygens (including phenoxy) is 2. The van der Waals surface area contributed by atoms with Gasteiger partial charge >= 0.3 is 0 Å². The van der Waals surface area contributed by atoms with E-state index >= 15 is 0 Å². The van der Waals surface area contributed by atoms with Gasteiger partial charge in [-0.15, -0.1) is 0 Å². The van der Waals surface area contributed by atoms with Crippen LogP contribution in [0.15, 0.2) is 53.5 Å². The van der Waals surface area contributed by atoms with Crippen molar-refractivity contribution < 1.29 is 14.4 Å². The van der Waals surface area contributed by atoms with Crippen molar-refractivity contribution in [1.82, 2.24) is 4.90 Å². The number of benzene rings is 2. The average Bonchev–Trinajstić information content (AvgIpc) is 2.68. The number of amidine groups is 1. The van der Waals surface area contributed by atoms with E-state index in [-0.39, 0.29) is 5.69 Å². The molecule has 7 nitrogen and oxygen atoms in total. The van der Waals surface area contributed by atoms with Crippen molar-refractivity contribution >= 4 is 17.2 Å². The standard InChI is InChI=1S/C19H21N3O4/c1-2-26-18-8-6-16(7-9-18)20-19(21-10-12-25-13-11-21)15-4-3-5-17(14-15)22(23)24/h3-9,14H,2,10-13H2,1H3. The maximum absolute atomic E-state index is 11.1. The van der Waals surface area contributed by atoms with Crippen molar-refractivity contribution in [2.75, 3.05) is 32.9 Å². The first kappa shape index (κ1) is 17.9. The first-order valence-corrected chi connectivity index (χ1v) is 8.56. The predicted octanol–water partition coefficient (Wildman–Crippen LogP) is 3.40. The van der Waals surface area contributed by atoms with Crippen LogP contribution in [0.5, 0.6) is 5.75 Å². The van der Waals surface area contributed by atoms with Gasteiger partial charge in [-0.25, -0.2) is 4.99 Å². The first-order valence-electron chi connectivity index (χ1n) is 8.56. The van der Waals surface area contributed by atoms with E-state index in [9.17, 15) is 10.1 Å². The molecule has 7 heteroatoms. The molecule has 0 radical (unpaired) electrons. The van der Waals surface area contributed by atoms with Crippen LogP contribution in [0, 0.1) is 10.1 Å². The van der Waals surface area contributed by atoms with Crippen LogP contribution in [0.3, 0.4) is 0 Å². The number of aliphatic imine (C=N–C) groups is 1. The van der Waals surface area contributed by atoms with Crippen LogP contribution >= 0.6 is 0 Å². The third-order valence-electron chi connectivity index (χ3n) is 4.01. The van der Waals surface area contributed by atoms with E-state index in [1.54, 1.807) is 12.1 Å². The molecule has 0 aliphatic carbocycles. The Bertz CT molecular complexity index is 784. The zero-order valence-corrected chi connectivity index (χ0v) is 14.6. The summed E-state index contributed by atoms with van der Waals surface area (Å²) in [5.74, 6) is 1.50. The summed E-state index contributed by atoms with van der Waals surface area (Å²) in [6.45, 7) is 5.14. The van der Waals surface area contributed by atoms with E-state index in [0.717, 1.165) is 17.0 Å². The van der Waals surface area contributed by atoms with Gasteiger partial charge in [-0.1, -0.05) is 12.1 Å². The molecule has 0 bridgehead atoms. The van der Waals surface area contributed by atoms with Crippen LogP contribution in [0.4, 0.5) is 11.4 Å². The van der Waals surface area contributed by atoms with Crippen molar-refractivity contribution in [2.24, 2.45) is 4.99 Å². The van der Waals surface area contributed by atoms with Gasteiger partial charge in [-0.3, -0.25) is 10.1 Å². The number of non-ortho nitro benzene ring substituents is 1. The summed E-state index contributed by atoms with van der Waals surface area (Å²) in [6.07, 6.45) is 0. The molecule has 0 atom stereocenters. The Balaban J connectivity index is 1.97. The van der Waals surface area contributed by atoms with Crippen molar-refractivity contribution in [3.05, 3.63) is 64.2 Å². The van der Waals surface area contributed by atoms with Gasteiger partial charge in [0.2, 0.25) is 0 Å². The lowest BCUT2D eigenvalue weighted by atomic mass is 10.1. The Hall–Kier alpha value is -2.93. The molecule has 0 N–H and O–H groups in total. The maximum Gasteiger partial charge on any atom is 0.270 e. The zero-order chi connectivity index (χ0) is 18.4. The number of rotatable bonds is 5. The lowest BCUT2D eigenvalue weighted by Crippen LogP contribution is -2.41. The highest BCUT2D eigenvalue weighted by molar-refractivity contribution is 6.00. The summed E-state index contributed by atoms with van der Waals surface area (Å²) >= 11 is 0. The summed E-state index contributed by atoms with van der Waals surface area (Å²) in [4.78, 5) is 17.6. The minimum atomic E-state index is -0.392. The highest BCUT2D eigenvalue weighted by atomic mass is 16.6. The zero-order valence-electron chi connectivity index (χ0n) is 14.6. The molecule has 0 aromatic heterocycles. The van der Waals surface area contributed by atoms with Gasteiger partial charge in [-0.05, 0) is 31.2 Å². The Morgan fingerprint density at radius 3 is 2.62 bits per heavy atom. The smallest absolute Gasteiger partial charge is 0.270 e. The molecule has 1 aliphatic rings. The van der Waals surface area contributed by atoms with Gasteiger partial charge in [0.1, 0.15) is 11.6 Å². The van der Waals surface area contributed by atoms with Crippen LogP contribution < -0.4 is 4.74 Å². The fourth-order valence-corrected chi connectivity index (χ4v) is 2.76. The number of nitro groups is 1. The molecule has 1 saturated heterocycles. The number of hydrogen-bond acceptors (Lipinski definition) is 5. The average molecular weight is 355 g/mol. The van der Waals surface area contributed by atoms with Crippen molar-refractivity contribution in [2.45, 2.75) is 6.92 Å². The molecule has 1 heterocycles. The van der Waals surface area contributed by atoms with Crippen LogP contribution in [-0.4, -0.2) is 48.6 Å². The van der Waals surface area contributed by atoms with Gasteiger partial charge in [0.25, 0.3) is 5.69 Å². The molecule has 3 rings (SSSR count). The lowest BCUT2D eigenvalue weighted by Gasteiger charge is -2.30. The molecule has 2 aromatic rings. The third-order valence-corrected chi connectivity index (χ3v) is 4.01. The van der Waals surface area contributed by atoms with Crippen molar-refractivity contribution in [3.63, 3.8) is 0 Å². The molecule has 136 valence electrons. The van der Waals surface area contributed by atoms with Crippen molar-refractivity contribution in [3.8, 4) is 5.75 Å². The van der Waals surface area contributed by atoms with E-state index < -0.39 is 4.92 Å². The number of morpholine rings is 1. The van der Waals surface area contributed by atoms with E-state index in [1.807, 2.05) is 37.3 Å². The topological polar surface area (TPSA) is 77.2 Å². The maximum atomic E-state index is 11.1. The summed E-state index contributed by atoms with van der Waals surface area (Å²) in [5.41, 5.74) is 1.53. The van der Waals surface area contributed by atoms with Crippen LogP contribution in [0.1, 0.15) is 12.5 Å². The van der Waals surface area contributed by atoms with E-state index in [0.29, 0.717) is 38.7 Å². The fourth-order valence-electron chi connectivity index (χ4n) is 2.76. The van der Waals surface area contributed by atoms with E-state index in [4.69, 9.17) is 14.5 Å². The predicted molar refractivity (Wildman–Crippen MR) is 99.3 cm³/mol. The minimum absolute atomic E-state index is 0.0511. The van der Waals surface area contributed by atoms with Gasteiger partial charge < -0.3 is 14.4 Å². The quantitative estimate of drug-likeness (QED) is 0.355. The van der Waals surface area contributed by atoms with Gasteiger partial charge in [-0.2, -0.15) is 0 Å². The molecule has 1 fully saturated rings. The molecular weight excluding hydrogens is 334 g/mol. The number of hydrogen-bond donors (Lipinski definition) is 0. The second kappa shape index (κ2) is 8.44. The Morgan fingerprint density at radius 1 is 1.23 bits per heavy atom. The highest BCUT2D eigenvalue weighted by Crippen LogP contribution is 2.22. The largest absolute Gasteiger partial charge is 0.494 e. The summed E-state index contributed by atoms with van der Waals surface area (Å²) in [5, 5.41) is 11.1. The molecule has 0 spiro atoms. The van der Waals surface area contributed by atoms with Crippen LogP contribution in [0.25, 0.3) is 0 Å². The Kier molecular flexibility index (Phi) is 5.80. The van der Waals surface area contributed by atoms with E-state index in [1.165, 1.54) is 6.07 Å². The highest BCUT2D eigenvalue weighted by Gasteiger charge is 2.19. The number of nitro benzene ring substituents is 1. The SMILES string of the molecule is CCOc1ccc(N=C(c2cccc([N+](=O)[O-])c2)N2CCOCC2)cc1. The molecule has 0 unspecified atom stereocenters. The fraction of sp³-hybridized carbons (Fsp3) is 0.316. The Morgan fingerprint density at radius 2 is 1.96 bits per heavy atom. The molecule has 1 aliphatic heterocycles. The second-order valence-electron chi connectivity index (χ2n) is 5.77. The van der Waals surface area contributed by atoms with Gasteiger partial charge in [0, 0.05) is 30.8 Å². The van der Waals surface area contributed by atoms with E-state index in [2.05, 4.69) is 4.90 Å². The molecule has 26 heavy (non-hydrogen) atoms. The summed E-state index contributed by atoms with van der Waals surface area (Å²) in [6, 6.07) is 14.1. The number of nitrogens with zero attached hydrogens (tertiary/aromatic N) is 3. The molecule has 0 saturated carbocycles. The summed E-state index contributed by atoms with van der Waals surface area (Å²) < 4.78 is 10.9. The van der Waals surface area contributed by atoms with Crippen LogP contribution in [0.2, 0.25) is 0 Å². The Labute approximate surface area is 152 Å². The molecule has 0 amide bonds. The molecule has 2 aromatic carbocycles. The lowest BCUT2D eigenvalue weighted by molar-refractivity contribution is -0.384. The van der Waals surface area contributed by atoms with Crippen molar-refractivity contribution in [1.29, 1.82) is 0 Å². The molecular formula is C19H21N3O4. The monoisotopic (exact) mass is 355 g/mol.